The van der Waals surface area contributed by atoms with E-state index in [1.54, 1.807) is 20.8 Å². The van der Waals surface area contributed by atoms with Crippen LogP contribution >= 0.6 is 0 Å². The first kappa shape index (κ1) is 18.6. The van der Waals surface area contributed by atoms with Crippen LogP contribution in [0.5, 0.6) is 0 Å². The van der Waals surface area contributed by atoms with E-state index in [-0.39, 0.29) is 25.2 Å². The van der Waals surface area contributed by atoms with Gasteiger partial charge >= 0.3 is 6.09 Å². The molecular formula is C18H23F2N3O3. The number of terminal acetylenes is 1. The Morgan fingerprint density at radius 2 is 2.08 bits per heavy atom. The summed E-state index contributed by atoms with van der Waals surface area (Å²) in [4.78, 5) is 13.7. The number of aromatic nitrogens is 2. The van der Waals surface area contributed by atoms with Gasteiger partial charge in [0, 0.05) is 24.9 Å². The number of ether oxygens (including phenoxy) is 1. The highest BCUT2D eigenvalue weighted by atomic mass is 19.3. The van der Waals surface area contributed by atoms with Gasteiger partial charge in [-0.1, -0.05) is 5.92 Å². The van der Waals surface area contributed by atoms with E-state index < -0.39 is 29.6 Å². The number of aliphatic hydroxyl groups is 1. The summed E-state index contributed by atoms with van der Waals surface area (Å²) < 4.78 is 36.0. The fourth-order valence-electron chi connectivity index (χ4n) is 3.36. The first-order valence-corrected chi connectivity index (χ1v) is 8.59. The molecule has 1 atom stereocenters. The maximum atomic E-state index is 14.8. The van der Waals surface area contributed by atoms with Crippen molar-refractivity contribution in [3.05, 3.63) is 17.0 Å². The Labute approximate surface area is 151 Å². The van der Waals surface area contributed by atoms with Gasteiger partial charge in [-0.2, -0.15) is 13.9 Å². The molecule has 3 heterocycles. The average Bonchev–Trinajstić information content (AvgIpc) is 2.84. The van der Waals surface area contributed by atoms with Gasteiger partial charge < -0.3 is 14.7 Å². The number of amides is 1. The molecule has 0 fully saturated rings. The number of carbonyl (C=O) groups is 1. The second-order valence-electron chi connectivity index (χ2n) is 7.96. The molecule has 6 nitrogen and oxygen atoms in total. The first-order valence-electron chi connectivity index (χ1n) is 8.59. The van der Waals surface area contributed by atoms with Crippen molar-refractivity contribution < 1.29 is 23.4 Å². The van der Waals surface area contributed by atoms with Gasteiger partial charge in [0.15, 0.2) is 0 Å². The summed E-state index contributed by atoms with van der Waals surface area (Å²) in [5.74, 6) is -0.973. The summed E-state index contributed by atoms with van der Waals surface area (Å²) in [6, 6.07) is 0. The zero-order chi connectivity index (χ0) is 19.3. The van der Waals surface area contributed by atoms with Crippen LogP contribution in [0, 0.1) is 12.3 Å². The fraction of sp³-hybridized carbons (Fsp3) is 0.667. The second-order valence-corrected chi connectivity index (χ2v) is 7.96. The molecule has 0 bridgehead atoms. The van der Waals surface area contributed by atoms with Gasteiger partial charge in [-0.15, -0.1) is 6.42 Å². The number of carbonyl (C=O) groups excluding carboxylic acids is 1. The molecule has 8 heteroatoms. The van der Waals surface area contributed by atoms with Gasteiger partial charge in [0.1, 0.15) is 16.9 Å². The highest BCUT2D eigenvalue weighted by Gasteiger charge is 2.47. The van der Waals surface area contributed by atoms with Crippen molar-refractivity contribution in [2.45, 2.75) is 70.2 Å². The highest BCUT2D eigenvalue weighted by Crippen LogP contribution is 2.42. The van der Waals surface area contributed by atoms with Crippen LogP contribution in [0.3, 0.4) is 0 Å². The number of rotatable bonds is 0. The van der Waals surface area contributed by atoms with Gasteiger partial charge in [0.2, 0.25) is 0 Å². The lowest BCUT2D eigenvalue weighted by atomic mass is 9.96. The average molecular weight is 367 g/mol. The van der Waals surface area contributed by atoms with Gasteiger partial charge in [0.25, 0.3) is 5.92 Å². The Bertz CT molecular complexity index is 776. The minimum absolute atomic E-state index is 0.00362. The standard InChI is InChI=1S/C18H23F2N3O3/c1-5-17(25)7-8-18(19,20)14-12-10-22(15(24)26-16(2,3)4)9-6-13(12)21-23(14)11-17/h1,25H,6-11H2,2-4H3/t17-/m1/s1. The molecule has 0 unspecified atom stereocenters. The largest absolute Gasteiger partial charge is 0.444 e. The Hall–Kier alpha value is -2.14. The van der Waals surface area contributed by atoms with E-state index in [4.69, 9.17) is 11.2 Å². The van der Waals surface area contributed by atoms with Gasteiger partial charge in [-0.05, 0) is 27.2 Å². The van der Waals surface area contributed by atoms with Crippen LogP contribution < -0.4 is 0 Å². The smallest absolute Gasteiger partial charge is 0.410 e. The van der Waals surface area contributed by atoms with E-state index in [9.17, 15) is 18.7 Å². The normalized spacial score (nSPS) is 24.9. The predicted molar refractivity (Wildman–Crippen MR) is 89.5 cm³/mol. The Balaban J connectivity index is 1.95. The molecular weight excluding hydrogens is 344 g/mol. The van der Waals surface area contributed by atoms with E-state index in [1.165, 1.54) is 4.90 Å². The Kier molecular flexibility index (Phi) is 4.26. The summed E-state index contributed by atoms with van der Waals surface area (Å²) >= 11 is 0. The minimum atomic E-state index is -3.18. The lowest BCUT2D eigenvalue weighted by Gasteiger charge is -2.30. The molecule has 0 aromatic carbocycles. The van der Waals surface area contributed by atoms with E-state index in [0.29, 0.717) is 24.2 Å². The monoisotopic (exact) mass is 367 g/mol. The van der Waals surface area contributed by atoms with Crippen LogP contribution in [-0.2, 0) is 30.2 Å². The zero-order valence-corrected chi connectivity index (χ0v) is 15.2. The molecule has 2 aliphatic rings. The predicted octanol–water partition coefficient (Wildman–Crippen LogP) is 2.43. The van der Waals surface area contributed by atoms with Crippen molar-refractivity contribution in [1.29, 1.82) is 0 Å². The summed E-state index contributed by atoms with van der Waals surface area (Å²) in [5.41, 5.74) is -1.74. The third-order valence-corrected chi connectivity index (χ3v) is 4.63. The minimum Gasteiger partial charge on any atom is -0.444 e. The number of hydrogen-bond donors (Lipinski definition) is 1. The van der Waals surface area contributed by atoms with Crippen LogP contribution in [0.25, 0.3) is 0 Å². The third kappa shape index (κ3) is 3.40. The number of fused-ring (bicyclic) bond motifs is 3. The Morgan fingerprint density at radius 1 is 1.38 bits per heavy atom. The quantitative estimate of drug-likeness (QED) is 0.715. The first-order chi connectivity index (χ1) is 11.9. The molecule has 0 radical (unpaired) electrons. The topological polar surface area (TPSA) is 67.6 Å². The molecule has 0 spiro atoms. The highest BCUT2D eigenvalue weighted by molar-refractivity contribution is 5.68. The van der Waals surface area contributed by atoms with Crippen molar-refractivity contribution in [3.63, 3.8) is 0 Å². The number of hydrogen-bond acceptors (Lipinski definition) is 4. The molecule has 0 saturated heterocycles. The van der Waals surface area contributed by atoms with Gasteiger partial charge in [-0.25, -0.2) is 4.79 Å². The maximum Gasteiger partial charge on any atom is 0.410 e. The van der Waals surface area contributed by atoms with E-state index >= 15 is 0 Å². The van der Waals surface area contributed by atoms with Crippen LogP contribution in [0.15, 0.2) is 0 Å². The molecule has 1 amide bonds. The number of alkyl halides is 2. The number of halogens is 2. The SMILES string of the molecule is C#C[C@@]1(O)CCC(F)(F)c2c3c(nn2C1)CCN(C(=O)OC(C)(C)C)C3. The molecule has 0 aliphatic carbocycles. The van der Waals surface area contributed by atoms with E-state index in [0.717, 1.165) is 4.68 Å². The van der Waals surface area contributed by atoms with Crippen LogP contribution in [0.2, 0.25) is 0 Å². The fourth-order valence-corrected chi connectivity index (χ4v) is 3.36. The van der Waals surface area contributed by atoms with E-state index in [1.807, 2.05) is 0 Å². The molecule has 142 valence electrons. The molecule has 1 N–H and O–H groups in total. The van der Waals surface area contributed by atoms with Crippen LogP contribution in [-0.4, -0.2) is 43.6 Å². The summed E-state index contributed by atoms with van der Waals surface area (Å²) in [7, 11) is 0. The molecule has 2 aliphatic heterocycles. The van der Waals surface area contributed by atoms with Crippen molar-refractivity contribution in [1.82, 2.24) is 14.7 Å². The van der Waals surface area contributed by atoms with E-state index in [2.05, 4.69) is 11.0 Å². The van der Waals surface area contributed by atoms with Crippen molar-refractivity contribution in [3.8, 4) is 12.3 Å². The van der Waals surface area contributed by atoms with Gasteiger partial charge in [0.05, 0.1) is 18.8 Å². The molecule has 1 aromatic heterocycles. The lowest BCUT2D eigenvalue weighted by molar-refractivity contribution is -0.0305. The summed E-state index contributed by atoms with van der Waals surface area (Å²) in [6.07, 6.45) is 4.36. The second kappa shape index (κ2) is 5.95. The summed E-state index contributed by atoms with van der Waals surface area (Å²) in [6.45, 7) is 5.41. The molecule has 1 aromatic rings. The van der Waals surface area contributed by atoms with Crippen molar-refractivity contribution in [2.24, 2.45) is 0 Å². The third-order valence-electron chi connectivity index (χ3n) is 4.63. The Morgan fingerprint density at radius 3 is 2.69 bits per heavy atom. The molecule has 3 rings (SSSR count). The summed E-state index contributed by atoms with van der Waals surface area (Å²) in [5, 5.41) is 14.6. The molecule has 26 heavy (non-hydrogen) atoms. The molecule has 0 saturated carbocycles. The lowest BCUT2D eigenvalue weighted by Crippen LogP contribution is -2.40. The van der Waals surface area contributed by atoms with Crippen molar-refractivity contribution >= 4 is 6.09 Å². The zero-order valence-electron chi connectivity index (χ0n) is 15.2. The van der Waals surface area contributed by atoms with Crippen LogP contribution in [0.4, 0.5) is 13.6 Å². The van der Waals surface area contributed by atoms with Crippen molar-refractivity contribution in [2.75, 3.05) is 6.54 Å². The van der Waals surface area contributed by atoms with Gasteiger partial charge in [-0.3, -0.25) is 4.68 Å². The number of nitrogens with zero attached hydrogens (tertiary/aromatic N) is 3. The maximum absolute atomic E-state index is 14.8. The van der Waals surface area contributed by atoms with Crippen LogP contribution in [0.1, 0.15) is 50.6 Å².